The number of phenols is 1. The Hall–Kier alpha value is -10.7. The number of piperazine rings is 1. The number of aromatic amines is 1. The monoisotopic (exact) mass is 1670 g/mol. The predicted molar refractivity (Wildman–Crippen MR) is 448 cm³/mol. The van der Waals surface area contributed by atoms with Crippen LogP contribution in [0.2, 0.25) is 0 Å². The van der Waals surface area contributed by atoms with E-state index in [1.165, 1.54) is 31.7 Å². The van der Waals surface area contributed by atoms with E-state index >= 15 is 0 Å². The van der Waals surface area contributed by atoms with Gasteiger partial charge in [-0.3, -0.25) is 28.8 Å². The van der Waals surface area contributed by atoms with Crippen molar-refractivity contribution >= 4 is 80.7 Å². The fourth-order valence-corrected chi connectivity index (χ4v) is 16.8. The number of piperidine rings is 1. The fraction of sp³-hybridized carbons (Fsp3) is 0.558. The van der Waals surface area contributed by atoms with Crippen LogP contribution < -0.4 is 31.9 Å². The summed E-state index contributed by atoms with van der Waals surface area (Å²) in [6.45, 7) is 14.1. The number of anilines is 3. The lowest BCUT2D eigenvalue weighted by Crippen LogP contribution is -2.61. The predicted octanol–water partition coefficient (Wildman–Crippen LogP) is 6.57. The Morgan fingerprint density at radius 2 is 1.54 bits per heavy atom. The summed E-state index contributed by atoms with van der Waals surface area (Å²) >= 11 is 0. The molecule has 35 heteroatoms. The summed E-state index contributed by atoms with van der Waals surface area (Å²) in [5.41, 5.74) is 18.7. The SMILES string of the molecule is CO[C@H]1C[C@@H]2CC[C@@H](C)[C@@](O)(O2)C(=O)C(=O)N2CCCC[C@H]2C(=O)O[C@H]([C@H](N)C[C@@H]2CC[C@H](n3cc(-c4cnc(N5CCN(c6ncc(C(=O)NCCOCCC(=O)NCCCCn7nc(-c8cc9cc(O)ccc9[nH]8)c8c(N)ncnc87)cn6)CC5)nc4)nn3)[C@H](OC)C2)CC(=O)[C@H](C)/C=C(\C)[C@@H](O)[C@@H](O)C(=O)[C@H](C)C[C@H](C)/C=C/C=C/C=C/1C. The Balaban J connectivity index is 0.598. The summed E-state index contributed by atoms with van der Waals surface area (Å²) in [5, 5.41) is 65.8. The number of amides is 3. The number of esters is 1. The van der Waals surface area contributed by atoms with Crippen molar-refractivity contribution in [2.24, 2.45) is 35.3 Å². The molecular formula is C86H115N19O16. The molecule has 35 nitrogen and oxygen atoms in total. The first-order valence-corrected chi connectivity index (χ1v) is 42.1. The number of ether oxygens (including phenoxy) is 5. The smallest absolute Gasteiger partial charge is 0.329 e. The number of aliphatic hydroxyl groups excluding tert-OH is 2. The van der Waals surface area contributed by atoms with Gasteiger partial charge in [0.05, 0.1) is 60.4 Å². The van der Waals surface area contributed by atoms with Crippen LogP contribution in [0.25, 0.3) is 44.6 Å². The van der Waals surface area contributed by atoms with Crippen LogP contribution in [0, 0.1) is 29.6 Å². The minimum atomic E-state index is -2.51. The van der Waals surface area contributed by atoms with E-state index in [-0.39, 0.29) is 111 Å². The molecule has 6 aromatic heterocycles. The Labute approximate surface area is 702 Å². The summed E-state index contributed by atoms with van der Waals surface area (Å²) in [7, 11) is 3.17. The highest BCUT2D eigenvalue weighted by molar-refractivity contribution is 6.39. The van der Waals surface area contributed by atoms with E-state index < -0.39 is 95.4 Å². The van der Waals surface area contributed by atoms with Crippen LogP contribution in [-0.2, 0) is 59.0 Å². The number of carbonyl (C=O) groups excluding carboxylic acids is 7. The van der Waals surface area contributed by atoms with Crippen LogP contribution >= 0.6 is 0 Å². The molecule has 121 heavy (non-hydrogen) atoms. The van der Waals surface area contributed by atoms with Crippen molar-refractivity contribution in [1.82, 2.24) is 75.2 Å². The quantitative estimate of drug-likeness (QED) is 0.0150. The van der Waals surface area contributed by atoms with Gasteiger partial charge in [-0.1, -0.05) is 69.4 Å². The summed E-state index contributed by atoms with van der Waals surface area (Å²) in [6, 6.07) is 4.51. The lowest BCUT2D eigenvalue weighted by Gasteiger charge is -2.42. The number of hydrogen-bond donors (Lipinski definition) is 9. The van der Waals surface area contributed by atoms with E-state index in [0.29, 0.717) is 149 Å². The van der Waals surface area contributed by atoms with Crippen molar-refractivity contribution in [3.8, 4) is 28.4 Å². The second kappa shape index (κ2) is 41.3. The average molecular weight is 1670 g/mol. The van der Waals surface area contributed by atoms with Gasteiger partial charge < -0.3 is 85.9 Å². The number of cyclic esters (lactones) is 1. The molecule has 1 saturated carbocycles. The van der Waals surface area contributed by atoms with Crippen LogP contribution in [0.3, 0.4) is 0 Å². The summed E-state index contributed by atoms with van der Waals surface area (Å²) in [5.74, 6) is -8.21. The van der Waals surface area contributed by atoms with Crippen LogP contribution in [0.5, 0.6) is 5.75 Å². The largest absolute Gasteiger partial charge is 0.508 e. The molecule has 0 spiro atoms. The standard InChI is InChI=1S/C86H115N19O16/c1-50-16-10-9-11-17-51(2)69(117-7)42-61-22-19-55(6)86(116,121-61)78(112)82(114)103-28-14-12-18-67(103)83(115)120-70(43-68(107)52(3)37-54(5)76(110)77(111)75(109)53(4)36-50)62(87)38-56-20-24-66(71(39-56)118-8)105-48-65(98-100-105)58-44-91-84(92-45-58)101-30-32-102(33-31-101)85-93-46-59(47-94-85)81(113)90-27-35-119-34-25-72(108)89-26-13-15-29-104-80-73(79(88)95-49-96-80)74(99-104)64-41-57-40-60(106)21-23-63(57)97-64/h9-11,16-17,21,23,37,40-41,44-50,52-53,55-56,61-62,66-67,69-71,76-77,97,106,110-111,116H,12-15,18-20,22,24-36,38-39,42-43,87H2,1-8H3,(H,89,108)(H,90,113)(H2,88,95,96)/b11-9+,16-10+,51-17+,54-37+/t50-,52-,53-,55-,56+,61+,62-,66+,67+,69+,70+,71-,76-,77+,86-/m1/s1. The molecule has 650 valence electrons. The number of fused-ring (bicyclic) bond motifs is 5. The number of benzene rings is 1. The number of nitrogens with zero attached hydrogens (tertiary/aromatic N) is 14. The van der Waals surface area contributed by atoms with E-state index in [4.69, 9.17) is 50.2 Å². The number of methoxy groups -OCH3 is 2. The van der Waals surface area contributed by atoms with Crippen molar-refractivity contribution in [3.63, 3.8) is 0 Å². The first-order valence-electron chi connectivity index (χ1n) is 42.1. The molecular weight excluding hydrogens is 1560 g/mol. The maximum absolute atomic E-state index is 14.8. The Morgan fingerprint density at radius 3 is 2.27 bits per heavy atom. The molecule has 1 aromatic carbocycles. The zero-order valence-electron chi connectivity index (χ0n) is 70.1. The van der Waals surface area contributed by atoms with Crippen molar-refractivity contribution in [1.29, 1.82) is 0 Å². The van der Waals surface area contributed by atoms with Crippen LogP contribution in [0.15, 0.2) is 109 Å². The molecule has 2 bridgehead atoms. The summed E-state index contributed by atoms with van der Waals surface area (Å²) in [4.78, 5) is 133. The first kappa shape index (κ1) is 89.6. The number of phenolic OH excluding ortho intramolecular Hbond substituents is 1. The lowest BCUT2D eigenvalue weighted by molar-refractivity contribution is -0.265. The normalized spacial score (nSPS) is 27.9. The summed E-state index contributed by atoms with van der Waals surface area (Å²) < 4.78 is 33.8. The highest BCUT2D eigenvalue weighted by atomic mass is 16.6. The Bertz CT molecular complexity index is 4890. The molecule has 11 N–H and O–H groups in total. The number of H-pyrrole nitrogens is 1. The number of nitrogen functional groups attached to an aromatic ring is 1. The molecule has 12 rings (SSSR count). The third-order valence-corrected chi connectivity index (χ3v) is 24.1. The molecule has 3 amide bonds. The topological polar surface area (TPSA) is 474 Å². The van der Waals surface area contributed by atoms with Crippen molar-refractivity contribution in [2.45, 2.75) is 205 Å². The number of carbonyl (C=O) groups is 7. The van der Waals surface area contributed by atoms with Crippen molar-refractivity contribution < 1.29 is 77.7 Å². The zero-order chi connectivity index (χ0) is 86.2. The van der Waals surface area contributed by atoms with Gasteiger partial charge in [0, 0.05) is 151 Å². The molecule has 4 fully saturated rings. The van der Waals surface area contributed by atoms with Crippen LogP contribution in [0.4, 0.5) is 17.7 Å². The minimum Gasteiger partial charge on any atom is -0.508 e. The molecule has 1 aliphatic carbocycles. The van der Waals surface area contributed by atoms with Gasteiger partial charge >= 0.3 is 5.97 Å². The molecule has 0 unspecified atom stereocenters. The van der Waals surface area contributed by atoms with E-state index in [1.54, 1.807) is 74.9 Å². The molecule has 10 heterocycles. The van der Waals surface area contributed by atoms with E-state index in [2.05, 4.69) is 50.8 Å². The maximum Gasteiger partial charge on any atom is 0.329 e. The lowest BCUT2D eigenvalue weighted by atomic mass is 9.79. The van der Waals surface area contributed by atoms with Gasteiger partial charge in [-0.25, -0.2) is 44.1 Å². The highest BCUT2D eigenvalue weighted by Gasteiger charge is 2.53. The van der Waals surface area contributed by atoms with Gasteiger partial charge in [0.25, 0.3) is 17.6 Å². The second-order valence-corrected chi connectivity index (χ2v) is 32.8. The first-order chi connectivity index (χ1) is 58.2. The van der Waals surface area contributed by atoms with Gasteiger partial charge in [-0.2, -0.15) is 5.10 Å². The van der Waals surface area contributed by atoms with E-state index in [0.717, 1.165) is 27.1 Å². The number of hydrogen-bond acceptors (Lipinski definition) is 29. The number of nitrogens with one attached hydrogen (secondary N) is 3. The van der Waals surface area contributed by atoms with Gasteiger partial charge in [0.15, 0.2) is 11.4 Å². The number of aromatic nitrogens is 12. The third kappa shape index (κ3) is 22.2. The Morgan fingerprint density at radius 1 is 0.793 bits per heavy atom. The van der Waals surface area contributed by atoms with Crippen LogP contribution in [-0.4, -0.2) is 254 Å². The number of aliphatic hydroxyl groups is 3. The van der Waals surface area contributed by atoms with Gasteiger partial charge in [-0.15, -0.1) is 5.10 Å². The van der Waals surface area contributed by atoms with E-state index in [1.807, 2.05) is 61.4 Å². The zero-order valence-corrected chi connectivity index (χ0v) is 70.1. The molecule has 15 atom stereocenters. The number of ketones is 3. The van der Waals surface area contributed by atoms with Crippen LogP contribution in [0.1, 0.15) is 154 Å². The second-order valence-electron chi connectivity index (χ2n) is 32.8. The van der Waals surface area contributed by atoms with Gasteiger partial charge in [0.2, 0.25) is 23.6 Å². The van der Waals surface area contributed by atoms with Crippen molar-refractivity contribution in [3.05, 3.63) is 115 Å². The number of aryl methyl sites for hydroxylation is 1. The third-order valence-electron chi connectivity index (χ3n) is 24.1. The van der Waals surface area contributed by atoms with E-state index in [9.17, 15) is 54.0 Å². The number of aromatic hydroxyl groups is 1. The average Bonchev–Trinajstić information content (AvgIpc) is 1.65. The number of unbranched alkanes of at least 4 members (excludes halogenated alkanes) is 1. The molecule has 4 aliphatic heterocycles. The number of nitrogens with two attached hydrogens (primary N) is 2. The highest BCUT2D eigenvalue weighted by Crippen LogP contribution is 2.40. The number of allylic oxidation sites excluding steroid dienone is 6. The minimum absolute atomic E-state index is 0.00627. The summed E-state index contributed by atoms with van der Waals surface area (Å²) in [6.07, 6.45) is 20.0. The Kier molecular flexibility index (Phi) is 30.6. The van der Waals surface area contributed by atoms with Gasteiger partial charge in [-0.05, 0) is 138 Å². The number of rotatable bonds is 22. The number of Topliss-reactive ketones (excluding diaryl/α,β-unsaturated/α-hetero) is 3. The maximum atomic E-state index is 14.8. The van der Waals surface area contributed by atoms with Crippen molar-refractivity contribution in [2.75, 3.05) is 88.8 Å². The fourth-order valence-electron chi connectivity index (χ4n) is 16.8. The van der Waals surface area contributed by atoms with Gasteiger partial charge in [0.1, 0.15) is 59.4 Å². The molecule has 7 aromatic rings. The molecule has 5 aliphatic rings. The molecule has 3 saturated heterocycles. The molecule has 0 radical (unpaired) electrons.